The van der Waals surface area contributed by atoms with Gasteiger partial charge >= 0.3 is 0 Å². The van der Waals surface area contributed by atoms with E-state index in [1.54, 1.807) is 0 Å². The number of nitrogens with one attached hydrogen (secondary N) is 1. The number of hydrogen-bond acceptors (Lipinski definition) is 2. The van der Waals surface area contributed by atoms with Gasteiger partial charge < -0.3 is 5.32 Å². The molecule has 1 rings (SSSR count). The number of nitriles is 1. The first-order valence-electron chi connectivity index (χ1n) is 5.09. The third-order valence-corrected chi connectivity index (χ3v) is 2.19. The summed E-state index contributed by atoms with van der Waals surface area (Å²) in [5, 5.41) is 11.6. The molecule has 0 saturated carbocycles. The molecule has 4 heteroatoms. The van der Waals surface area contributed by atoms with Gasteiger partial charge in [0.05, 0.1) is 12.0 Å². The van der Waals surface area contributed by atoms with Crippen molar-refractivity contribution in [1.82, 2.24) is 5.32 Å². The highest BCUT2D eigenvalue weighted by atomic mass is 19.1. The Balaban J connectivity index is 2.72. The molecule has 1 aromatic carbocycles. The molecule has 1 N–H and O–H groups in total. The standard InChI is InChI=1S/C12H13FN2O/c1-2-15-12(16)7-10(8-14)9-3-5-11(13)6-4-9/h3-6,10H,2,7H2,1H3,(H,15,16). The number of amides is 1. The molecule has 0 aliphatic heterocycles. The molecule has 1 atom stereocenters. The zero-order valence-electron chi connectivity index (χ0n) is 9.03. The normalized spacial score (nSPS) is 11.6. The molecule has 0 radical (unpaired) electrons. The molecular weight excluding hydrogens is 207 g/mol. The van der Waals surface area contributed by atoms with Crippen LogP contribution in [0.25, 0.3) is 0 Å². The zero-order chi connectivity index (χ0) is 12.0. The molecule has 0 aromatic heterocycles. The molecule has 1 amide bonds. The van der Waals surface area contributed by atoms with E-state index in [1.165, 1.54) is 24.3 Å². The third kappa shape index (κ3) is 3.35. The topological polar surface area (TPSA) is 52.9 Å². The van der Waals surface area contributed by atoms with Crippen LogP contribution >= 0.6 is 0 Å². The van der Waals surface area contributed by atoms with Crippen LogP contribution in [0.15, 0.2) is 24.3 Å². The lowest BCUT2D eigenvalue weighted by Gasteiger charge is -2.08. The summed E-state index contributed by atoms with van der Waals surface area (Å²) in [6.07, 6.45) is 0.107. The minimum Gasteiger partial charge on any atom is -0.356 e. The molecule has 1 aromatic rings. The van der Waals surface area contributed by atoms with Gasteiger partial charge in [0.25, 0.3) is 0 Å². The number of carbonyl (C=O) groups excluding carboxylic acids is 1. The van der Waals surface area contributed by atoms with E-state index in [9.17, 15) is 9.18 Å². The minimum absolute atomic E-state index is 0.107. The van der Waals surface area contributed by atoms with Crippen LogP contribution in [0.4, 0.5) is 4.39 Å². The molecule has 0 bridgehead atoms. The number of benzene rings is 1. The first-order chi connectivity index (χ1) is 7.67. The van der Waals surface area contributed by atoms with Crippen molar-refractivity contribution < 1.29 is 9.18 Å². The van der Waals surface area contributed by atoms with Gasteiger partial charge in [-0.25, -0.2) is 4.39 Å². The van der Waals surface area contributed by atoms with Crippen LogP contribution in [-0.2, 0) is 4.79 Å². The second kappa shape index (κ2) is 5.86. The van der Waals surface area contributed by atoms with Crippen molar-refractivity contribution in [2.75, 3.05) is 6.54 Å². The Morgan fingerprint density at radius 1 is 1.50 bits per heavy atom. The molecule has 0 heterocycles. The van der Waals surface area contributed by atoms with E-state index in [1.807, 2.05) is 13.0 Å². The average Bonchev–Trinajstić information content (AvgIpc) is 2.27. The summed E-state index contributed by atoms with van der Waals surface area (Å²) in [7, 11) is 0. The van der Waals surface area contributed by atoms with Gasteiger partial charge in [-0.05, 0) is 24.6 Å². The van der Waals surface area contributed by atoms with E-state index in [0.717, 1.165) is 0 Å². The van der Waals surface area contributed by atoms with E-state index in [0.29, 0.717) is 12.1 Å². The molecule has 0 fully saturated rings. The van der Waals surface area contributed by atoms with Gasteiger partial charge in [-0.15, -0.1) is 0 Å². The second-order valence-electron chi connectivity index (χ2n) is 3.39. The van der Waals surface area contributed by atoms with Crippen LogP contribution < -0.4 is 5.32 Å². The van der Waals surface area contributed by atoms with Crippen LogP contribution in [0.2, 0.25) is 0 Å². The van der Waals surface area contributed by atoms with Crippen LogP contribution in [0, 0.1) is 17.1 Å². The first-order valence-corrected chi connectivity index (χ1v) is 5.09. The molecule has 0 aliphatic carbocycles. The number of nitrogens with zero attached hydrogens (tertiary/aromatic N) is 1. The Labute approximate surface area is 93.9 Å². The summed E-state index contributed by atoms with van der Waals surface area (Å²) in [4.78, 5) is 11.3. The van der Waals surface area contributed by atoms with Crippen LogP contribution in [0.1, 0.15) is 24.8 Å². The lowest BCUT2D eigenvalue weighted by molar-refractivity contribution is -0.121. The van der Waals surface area contributed by atoms with Gasteiger partial charge in [-0.1, -0.05) is 12.1 Å². The highest BCUT2D eigenvalue weighted by molar-refractivity contribution is 5.77. The first kappa shape index (κ1) is 12.2. The van der Waals surface area contributed by atoms with Gasteiger partial charge in [0.2, 0.25) is 5.91 Å². The molecule has 16 heavy (non-hydrogen) atoms. The monoisotopic (exact) mass is 220 g/mol. The van der Waals surface area contributed by atoms with E-state index in [4.69, 9.17) is 5.26 Å². The lowest BCUT2D eigenvalue weighted by Crippen LogP contribution is -2.24. The van der Waals surface area contributed by atoms with Crippen LogP contribution in [0.5, 0.6) is 0 Å². The number of halogens is 1. The molecule has 84 valence electrons. The van der Waals surface area contributed by atoms with E-state index in [-0.39, 0.29) is 18.1 Å². The predicted molar refractivity (Wildman–Crippen MR) is 58.1 cm³/mol. The highest BCUT2D eigenvalue weighted by Gasteiger charge is 2.14. The largest absolute Gasteiger partial charge is 0.356 e. The minimum atomic E-state index is -0.521. The second-order valence-corrected chi connectivity index (χ2v) is 3.39. The maximum Gasteiger partial charge on any atom is 0.221 e. The summed E-state index contributed by atoms with van der Waals surface area (Å²) in [5.74, 6) is -1.04. The fourth-order valence-corrected chi connectivity index (χ4v) is 1.39. The number of carbonyl (C=O) groups is 1. The van der Waals surface area contributed by atoms with Gasteiger partial charge in [-0.3, -0.25) is 4.79 Å². The van der Waals surface area contributed by atoms with Gasteiger partial charge in [-0.2, -0.15) is 5.26 Å². The smallest absolute Gasteiger partial charge is 0.221 e. The summed E-state index contributed by atoms with van der Waals surface area (Å²) in [6.45, 7) is 2.36. The Kier molecular flexibility index (Phi) is 4.46. The lowest BCUT2D eigenvalue weighted by atomic mass is 9.97. The van der Waals surface area contributed by atoms with Crippen molar-refractivity contribution in [2.24, 2.45) is 0 Å². The number of hydrogen-bond donors (Lipinski definition) is 1. The van der Waals surface area contributed by atoms with Crippen molar-refractivity contribution in [1.29, 1.82) is 5.26 Å². The highest BCUT2D eigenvalue weighted by Crippen LogP contribution is 2.18. The van der Waals surface area contributed by atoms with Gasteiger partial charge in [0, 0.05) is 13.0 Å². The zero-order valence-corrected chi connectivity index (χ0v) is 9.03. The van der Waals surface area contributed by atoms with Crippen LogP contribution in [0.3, 0.4) is 0 Å². The van der Waals surface area contributed by atoms with Crippen LogP contribution in [-0.4, -0.2) is 12.5 Å². The molecule has 0 saturated heterocycles. The van der Waals surface area contributed by atoms with Crippen molar-refractivity contribution in [3.8, 4) is 6.07 Å². The average molecular weight is 220 g/mol. The maximum absolute atomic E-state index is 12.7. The van der Waals surface area contributed by atoms with Crippen molar-refractivity contribution in [3.63, 3.8) is 0 Å². The molecule has 3 nitrogen and oxygen atoms in total. The quantitative estimate of drug-likeness (QED) is 0.843. The van der Waals surface area contributed by atoms with E-state index >= 15 is 0 Å². The molecular formula is C12H13FN2O. The van der Waals surface area contributed by atoms with Gasteiger partial charge in [0.15, 0.2) is 0 Å². The Morgan fingerprint density at radius 2 is 2.12 bits per heavy atom. The summed E-state index contributed by atoms with van der Waals surface area (Å²) in [6, 6.07) is 7.68. The Morgan fingerprint density at radius 3 is 2.62 bits per heavy atom. The third-order valence-electron chi connectivity index (χ3n) is 2.19. The van der Waals surface area contributed by atoms with Crippen molar-refractivity contribution >= 4 is 5.91 Å². The number of rotatable bonds is 4. The Hall–Kier alpha value is -1.89. The Bertz CT molecular complexity index is 394. The predicted octanol–water partition coefficient (Wildman–Crippen LogP) is 1.96. The summed E-state index contributed by atoms with van der Waals surface area (Å²) < 4.78 is 12.7. The molecule has 0 aliphatic rings. The molecule has 1 unspecified atom stereocenters. The fraction of sp³-hybridized carbons (Fsp3) is 0.333. The fourth-order valence-electron chi connectivity index (χ4n) is 1.39. The van der Waals surface area contributed by atoms with Crippen molar-refractivity contribution in [2.45, 2.75) is 19.3 Å². The summed E-state index contributed by atoms with van der Waals surface area (Å²) in [5.41, 5.74) is 0.662. The van der Waals surface area contributed by atoms with E-state index in [2.05, 4.69) is 5.32 Å². The van der Waals surface area contributed by atoms with Gasteiger partial charge in [0.1, 0.15) is 5.82 Å². The molecule has 0 spiro atoms. The van der Waals surface area contributed by atoms with Crippen molar-refractivity contribution in [3.05, 3.63) is 35.6 Å². The van der Waals surface area contributed by atoms with E-state index < -0.39 is 5.92 Å². The maximum atomic E-state index is 12.7. The SMILES string of the molecule is CCNC(=O)CC(C#N)c1ccc(F)cc1. The summed E-state index contributed by atoms with van der Waals surface area (Å²) >= 11 is 0.